The normalized spacial score (nSPS) is 17.8. The Hall–Kier alpha value is -1.26. The molecule has 5 heteroatoms. The fourth-order valence-corrected chi connectivity index (χ4v) is 0.980. The van der Waals surface area contributed by atoms with Gasteiger partial charge in [0.15, 0.2) is 0 Å². The van der Waals surface area contributed by atoms with E-state index in [-0.39, 0.29) is 12.0 Å². The highest BCUT2D eigenvalue weighted by Crippen LogP contribution is 2.36. The summed E-state index contributed by atoms with van der Waals surface area (Å²) in [7, 11) is 2.82. The van der Waals surface area contributed by atoms with Gasteiger partial charge in [0.1, 0.15) is 5.54 Å². The Balaban J connectivity index is 2.50. The average Bonchev–Trinajstić information content (AvgIpc) is 2.84. The molecule has 1 aliphatic carbocycles. The molecular formula is C7H12N2O3. The fraction of sp³-hybridized carbons (Fsp3) is 0.714. The largest absolute Gasteiger partial charge is 0.467 e. The van der Waals surface area contributed by atoms with Crippen molar-refractivity contribution in [2.45, 2.75) is 18.4 Å². The number of methoxy groups -OCH3 is 1. The van der Waals surface area contributed by atoms with Gasteiger partial charge in [0.25, 0.3) is 0 Å². The number of hydrogen-bond donors (Lipinski definition) is 2. The van der Waals surface area contributed by atoms with Crippen molar-refractivity contribution in [3.05, 3.63) is 0 Å². The molecule has 0 radical (unpaired) electrons. The van der Waals surface area contributed by atoms with Crippen LogP contribution in [0.2, 0.25) is 0 Å². The summed E-state index contributed by atoms with van der Waals surface area (Å²) >= 11 is 0. The van der Waals surface area contributed by atoms with Gasteiger partial charge in [-0.3, -0.25) is 0 Å². The summed E-state index contributed by atoms with van der Waals surface area (Å²) in [6, 6.07) is -0.349. The molecule has 0 bridgehead atoms. The van der Waals surface area contributed by atoms with Crippen molar-refractivity contribution in [1.82, 2.24) is 10.6 Å². The molecule has 0 saturated heterocycles. The molecule has 0 aromatic rings. The minimum Gasteiger partial charge on any atom is -0.467 e. The van der Waals surface area contributed by atoms with Gasteiger partial charge < -0.3 is 15.4 Å². The van der Waals surface area contributed by atoms with Crippen molar-refractivity contribution in [3.8, 4) is 0 Å². The maximum atomic E-state index is 11.1. The van der Waals surface area contributed by atoms with Crippen LogP contribution in [0.3, 0.4) is 0 Å². The quantitative estimate of drug-likeness (QED) is 0.558. The molecule has 0 aliphatic heterocycles. The first-order valence-electron chi connectivity index (χ1n) is 3.73. The Kier molecular flexibility index (Phi) is 2.21. The van der Waals surface area contributed by atoms with Crippen LogP contribution in [0.15, 0.2) is 0 Å². The summed E-state index contributed by atoms with van der Waals surface area (Å²) in [5, 5.41) is 4.93. The van der Waals surface area contributed by atoms with Crippen LogP contribution in [0.4, 0.5) is 4.79 Å². The molecule has 1 aliphatic rings. The van der Waals surface area contributed by atoms with Crippen LogP contribution in [0.5, 0.6) is 0 Å². The second kappa shape index (κ2) is 3.00. The van der Waals surface area contributed by atoms with Gasteiger partial charge in [0.2, 0.25) is 0 Å². The van der Waals surface area contributed by atoms with E-state index in [2.05, 4.69) is 15.4 Å². The van der Waals surface area contributed by atoms with Crippen LogP contribution in [0.1, 0.15) is 12.8 Å². The number of ether oxygens (including phenoxy) is 1. The van der Waals surface area contributed by atoms with Crippen molar-refractivity contribution in [1.29, 1.82) is 0 Å². The summed E-state index contributed by atoms with van der Waals surface area (Å²) in [5.41, 5.74) is -0.741. The van der Waals surface area contributed by atoms with Crippen molar-refractivity contribution in [2.24, 2.45) is 0 Å². The monoisotopic (exact) mass is 172 g/mol. The number of esters is 1. The molecule has 0 spiro atoms. The Bertz CT molecular complexity index is 211. The minimum absolute atomic E-state index is 0.349. The second-order valence-electron chi connectivity index (χ2n) is 2.78. The molecule has 0 unspecified atom stereocenters. The summed E-state index contributed by atoms with van der Waals surface area (Å²) in [6.45, 7) is 0. The molecule has 1 fully saturated rings. The number of hydrogen-bond acceptors (Lipinski definition) is 3. The zero-order chi connectivity index (χ0) is 9.19. The topological polar surface area (TPSA) is 67.4 Å². The number of carbonyl (C=O) groups excluding carboxylic acids is 2. The summed E-state index contributed by atoms with van der Waals surface area (Å²) in [5.74, 6) is -0.369. The van der Waals surface area contributed by atoms with E-state index in [0.29, 0.717) is 12.8 Å². The van der Waals surface area contributed by atoms with Crippen molar-refractivity contribution in [3.63, 3.8) is 0 Å². The van der Waals surface area contributed by atoms with Crippen molar-refractivity contribution >= 4 is 12.0 Å². The Morgan fingerprint density at radius 2 is 2.00 bits per heavy atom. The first kappa shape index (κ1) is 8.83. The van der Waals surface area contributed by atoms with Gasteiger partial charge in [-0.2, -0.15) is 0 Å². The van der Waals surface area contributed by atoms with Crippen LogP contribution in [-0.2, 0) is 9.53 Å². The van der Waals surface area contributed by atoms with Gasteiger partial charge in [-0.1, -0.05) is 0 Å². The highest BCUT2D eigenvalue weighted by Gasteiger charge is 2.52. The molecule has 12 heavy (non-hydrogen) atoms. The third-order valence-corrected chi connectivity index (χ3v) is 1.91. The second-order valence-corrected chi connectivity index (χ2v) is 2.78. The molecule has 68 valence electrons. The van der Waals surface area contributed by atoms with Gasteiger partial charge in [-0.15, -0.1) is 0 Å². The SMILES string of the molecule is CNC(=O)NC1(C(=O)OC)CC1. The third kappa shape index (κ3) is 1.49. The Morgan fingerprint density at radius 3 is 2.33 bits per heavy atom. The number of nitrogens with one attached hydrogen (secondary N) is 2. The Morgan fingerprint density at radius 1 is 1.42 bits per heavy atom. The lowest BCUT2D eigenvalue weighted by Gasteiger charge is -2.13. The van der Waals surface area contributed by atoms with Gasteiger partial charge in [0, 0.05) is 7.05 Å². The standard InChI is InChI=1S/C7H12N2O3/c1-8-6(11)9-7(3-4-7)5(10)12-2/h3-4H2,1-2H3,(H2,8,9,11). The van der Waals surface area contributed by atoms with E-state index in [1.807, 2.05) is 0 Å². The van der Waals surface area contributed by atoms with Crippen LogP contribution >= 0.6 is 0 Å². The molecule has 5 nitrogen and oxygen atoms in total. The number of carbonyl (C=O) groups is 2. The van der Waals surface area contributed by atoms with E-state index in [1.165, 1.54) is 14.2 Å². The van der Waals surface area contributed by atoms with E-state index in [4.69, 9.17) is 0 Å². The van der Waals surface area contributed by atoms with Gasteiger partial charge in [-0.05, 0) is 12.8 Å². The number of amides is 2. The first-order valence-corrected chi connectivity index (χ1v) is 3.73. The fourth-order valence-electron chi connectivity index (χ4n) is 0.980. The summed E-state index contributed by atoms with van der Waals surface area (Å²) < 4.78 is 4.54. The first-order chi connectivity index (χ1) is 5.64. The molecule has 0 aromatic heterocycles. The van der Waals surface area contributed by atoms with Gasteiger partial charge in [-0.25, -0.2) is 9.59 Å². The molecule has 1 rings (SSSR count). The lowest BCUT2D eigenvalue weighted by atomic mass is 10.3. The van der Waals surface area contributed by atoms with E-state index >= 15 is 0 Å². The van der Waals surface area contributed by atoms with E-state index < -0.39 is 5.54 Å². The molecule has 1 saturated carbocycles. The lowest BCUT2D eigenvalue weighted by Crippen LogP contribution is -2.47. The summed E-state index contributed by atoms with van der Waals surface area (Å²) in [6.07, 6.45) is 1.32. The van der Waals surface area contributed by atoms with Gasteiger partial charge in [0.05, 0.1) is 7.11 Å². The molecule has 0 aromatic carbocycles. The van der Waals surface area contributed by atoms with Crippen molar-refractivity contribution < 1.29 is 14.3 Å². The van der Waals surface area contributed by atoms with E-state index in [0.717, 1.165) is 0 Å². The zero-order valence-corrected chi connectivity index (χ0v) is 7.14. The number of urea groups is 1. The predicted octanol–water partition coefficient (Wildman–Crippen LogP) is -0.379. The molecule has 2 N–H and O–H groups in total. The highest BCUT2D eigenvalue weighted by atomic mass is 16.5. The average molecular weight is 172 g/mol. The Labute approximate surface area is 70.5 Å². The smallest absolute Gasteiger partial charge is 0.331 e. The van der Waals surface area contributed by atoms with E-state index in [1.54, 1.807) is 0 Å². The molecule has 0 atom stereocenters. The van der Waals surface area contributed by atoms with Crippen molar-refractivity contribution in [2.75, 3.05) is 14.2 Å². The summed E-state index contributed by atoms with van der Waals surface area (Å²) in [4.78, 5) is 21.9. The van der Waals surface area contributed by atoms with Crippen LogP contribution in [0, 0.1) is 0 Å². The highest BCUT2D eigenvalue weighted by molar-refractivity contribution is 5.89. The zero-order valence-electron chi connectivity index (χ0n) is 7.14. The maximum absolute atomic E-state index is 11.1. The van der Waals surface area contributed by atoms with E-state index in [9.17, 15) is 9.59 Å². The predicted molar refractivity (Wildman–Crippen MR) is 41.6 cm³/mol. The molecular weight excluding hydrogens is 160 g/mol. The number of rotatable bonds is 2. The minimum atomic E-state index is -0.741. The molecule has 0 heterocycles. The van der Waals surface area contributed by atoms with Crippen LogP contribution in [0.25, 0.3) is 0 Å². The van der Waals surface area contributed by atoms with Crippen LogP contribution in [-0.4, -0.2) is 31.7 Å². The lowest BCUT2D eigenvalue weighted by molar-refractivity contribution is -0.144. The third-order valence-electron chi connectivity index (χ3n) is 1.91. The maximum Gasteiger partial charge on any atom is 0.331 e. The van der Waals surface area contributed by atoms with Crippen LogP contribution < -0.4 is 10.6 Å². The molecule has 2 amide bonds. The van der Waals surface area contributed by atoms with Gasteiger partial charge >= 0.3 is 12.0 Å².